The number of rotatable bonds is 5. The SMILES string of the molecule is c1csc(CC2CCN(Cc3nc(C4CCC4)no3)C2)n1. The molecule has 0 N–H and O–H groups in total. The van der Waals surface area contributed by atoms with Crippen LogP contribution in [0.5, 0.6) is 0 Å². The smallest absolute Gasteiger partial charge is 0.240 e. The van der Waals surface area contributed by atoms with Crippen molar-refractivity contribution < 1.29 is 4.52 Å². The van der Waals surface area contributed by atoms with Gasteiger partial charge in [0.1, 0.15) is 0 Å². The summed E-state index contributed by atoms with van der Waals surface area (Å²) in [6.07, 6.45) is 7.98. The number of nitrogens with zero attached hydrogens (tertiary/aromatic N) is 4. The second-order valence-corrected chi connectivity index (χ2v) is 7.17. The Morgan fingerprint density at radius 2 is 2.29 bits per heavy atom. The van der Waals surface area contributed by atoms with Gasteiger partial charge in [-0.05, 0) is 31.7 Å². The van der Waals surface area contributed by atoms with Crippen molar-refractivity contribution in [3.05, 3.63) is 28.3 Å². The van der Waals surface area contributed by atoms with Crippen molar-refractivity contribution in [3.63, 3.8) is 0 Å². The zero-order valence-corrected chi connectivity index (χ0v) is 12.9. The predicted octanol–water partition coefficient (Wildman–Crippen LogP) is 2.86. The fraction of sp³-hybridized carbons (Fsp3) is 0.667. The lowest BCUT2D eigenvalue weighted by atomic mass is 9.85. The summed E-state index contributed by atoms with van der Waals surface area (Å²) in [6, 6.07) is 0. The summed E-state index contributed by atoms with van der Waals surface area (Å²) in [5, 5.41) is 7.45. The van der Waals surface area contributed by atoms with Crippen LogP contribution in [0.25, 0.3) is 0 Å². The first-order chi connectivity index (χ1) is 10.4. The summed E-state index contributed by atoms with van der Waals surface area (Å²) >= 11 is 1.76. The van der Waals surface area contributed by atoms with E-state index < -0.39 is 0 Å². The highest BCUT2D eigenvalue weighted by Crippen LogP contribution is 2.34. The highest BCUT2D eigenvalue weighted by atomic mass is 32.1. The van der Waals surface area contributed by atoms with Crippen LogP contribution in [0.2, 0.25) is 0 Å². The van der Waals surface area contributed by atoms with Gasteiger partial charge in [-0.2, -0.15) is 4.98 Å². The van der Waals surface area contributed by atoms with Crippen LogP contribution >= 0.6 is 11.3 Å². The van der Waals surface area contributed by atoms with E-state index in [1.165, 1.54) is 30.7 Å². The Bertz CT molecular complexity index is 578. The Hall–Kier alpha value is -1.27. The lowest BCUT2D eigenvalue weighted by Crippen LogP contribution is -2.21. The highest BCUT2D eigenvalue weighted by Gasteiger charge is 2.27. The van der Waals surface area contributed by atoms with E-state index in [0.717, 1.165) is 37.8 Å². The molecule has 2 aromatic heterocycles. The minimum atomic E-state index is 0.554. The van der Waals surface area contributed by atoms with Crippen LogP contribution in [0.15, 0.2) is 16.1 Å². The third-order valence-electron chi connectivity index (χ3n) is 4.63. The van der Waals surface area contributed by atoms with Gasteiger partial charge in [0.25, 0.3) is 0 Å². The molecule has 0 radical (unpaired) electrons. The van der Waals surface area contributed by atoms with E-state index in [-0.39, 0.29) is 0 Å². The molecular formula is C15H20N4OS. The summed E-state index contributed by atoms with van der Waals surface area (Å²) < 4.78 is 5.41. The van der Waals surface area contributed by atoms with E-state index in [9.17, 15) is 0 Å². The minimum Gasteiger partial charge on any atom is -0.338 e. The zero-order valence-electron chi connectivity index (χ0n) is 12.1. The van der Waals surface area contributed by atoms with Gasteiger partial charge in [0.05, 0.1) is 11.6 Å². The van der Waals surface area contributed by atoms with E-state index in [1.54, 1.807) is 11.3 Å². The van der Waals surface area contributed by atoms with Crippen LogP contribution in [0.3, 0.4) is 0 Å². The Kier molecular flexibility index (Phi) is 3.73. The van der Waals surface area contributed by atoms with Crippen LogP contribution in [0.4, 0.5) is 0 Å². The Labute approximate surface area is 128 Å². The molecule has 0 amide bonds. The van der Waals surface area contributed by atoms with Crippen molar-refractivity contribution >= 4 is 11.3 Å². The first-order valence-electron chi connectivity index (χ1n) is 7.80. The van der Waals surface area contributed by atoms with E-state index in [4.69, 9.17) is 4.52 Å². The molecule has 1 aliphatic heterocycles. The second kappa shape index (κ2) is 5.85. The van der Waals surface area contributed by atoms with Crippen molar-refractivity contribution in [1.82, 2.24) is 20.0 Å². The van der Waals surface area contributed by atoms with Crippen molar-refractivity contribution in [3.8, 4) is 0 Å². The van der Waals surface area contributed by atoms with Gasteiger partial charge in [-0.25, -0.2) is 4.98 Å². The van der Waals surface area contributed by atoms with Crippen molar-refractivity contribution in [1.29, 1.82) is 0 Å². The molecule has 1 saturated carbocycles. The fourth-order valence-electron chi connectivity index (χ4n) is 3.18. The van der Waals surface area contributed by atoms with Gasteiger partial charge in [0.2, 0.25) is 5.89 Å². The number of hydrogen-bond donors (Lipinski definition) is 0. The first-order valence-corrected chi connectivity index (χ1v) is 8.68. The van der Waals surface area contributed by atoms with Gasteiger partial charge in [-0.3, -0.25) is 4.90 Å². The Morgan fingerprint density at radius 1 is 1.33 bits per heavy atom. The maximum Gasteiger partial charge on any atom is 0.240 e. The van der Waals surface area contributed by atoms with Gasteiger partial charge < -0.3 is 4.52 Å². The summed E-state index contributed by atoms with van der Waals surface area (Å²) in [5.41, 5.74) is 0. The average Bonchev–Trinajstić information content (AvgIpc) is 3.12. The first kappa shape index (κ1) is 13.4. The maximum absolute atomic E-state index is 5.41. The summed E-state index contributed by atoms with van der Waals surface area (Å²) in [6.45, 7) is 3.03. The molecule has 21 heavy (non-hydrogen) atoms. The van der Waals surface area contributed by atoms with Crippen LogP contribution in [0, 0.1) is 5.92 Å². The lowest BCUT2D eigenvalue weighted by molar-refractivity contribution is 0.258. The standard InChI is InChI=1S/C15H20N4OS/c1-2-12(3-1)15-17-13(20-18-15)10-19-6-4-11(9-19)8-14-16-5-7-21-14/h5,7,11-12H,1-4,6,8-10H2. The van der Waals surface area contributed by atoms with Crippen LogP contribution in [-0.4, -0.2) is 33.1 Å². The summed E-state index contributed by atoms with van der Waals surface area (Å²) in [7, 11) is 0. The quantitative estimate of drug-likeness (QED) is 0.850. The molecule has 2 aliphatic rings. The van der Waals surface area contributed by atoms with E-state index in [1.807, 2.05) is 6.20 Å². The van der Waals surface area contributed by atoms with E-state index in [0.29, 0.717) is 11.8 Å². The molecule has 0 spiro atoms. The van der Waals surface area contributed by atoms with Crippen molar-refractivity contribution in [2.24, 2.45) is 5.92 Å². The van der Waals surface area contributed by atoms with Gasteiger partial charge in [-0.15, -0.1) is 11.3 Å². The monoisotopic (exact) mass is 304 g/mol. The van der Waals surface area contributed by atoms with Crippen LogP contribution in [0.1, 0.15) is 48.3 Å². The molecule has 2 fully saturated rings. The van der Waals surface area contributed by atoms with Crippen molar-refractivity contribution in [2.75, 3.05) is 13.1 Å². The molecule has 1 saturated heterocycles. The Morgan fingerprint density at radius 3 is 3.05 bits per heavy atom. The molecule has 0 bridgehead atoms. The summed E-state index contributed by atoms with van der Waals surface area (Å²) in [4.78, 5) is 11.4. The molecule has 2 aromatic rings. The molecule has 112 valence electrons. The lowest BCUT2D eigenvalue weighted by Gasteiger charge is -2.21. The third kappa shape index (κ3) is 3.01. The van der Waals surface area contributed by atoms with Gasteiger partial charge in [-0.1, -0.05) is 11.6 Å². The van der Waals surface area contributed by atoms with Crippen LogP contribution < -0.4 is 0 Å². The molecule has 1 unspecified atom stereocenters. The topological polar surface area (TPSA) is 55.1 Å². The third-order valence-corrected chi connectivity index (χ3v) is 5.43. The molecule has 6 heteroatoms. The van der Waals surface area contributed by atoms with E-state index in [2.05, 4.69) is 25.4 Å². The molecule has 4 rings (SSSR count). The average molecular weight is 304 g/mol. The minimum absolute atomic E-state index is 0.554. The molecular weight excluding hydrogens is 284 g/mol. The van der Waals surface area contributed by atoms with Gasteiger partial charge in [0.15, 0.2) is 5.82 Å². The van der Waals surface area contributed by atoms with Gasteiger partial charge >= 0.3 is 0 Å². The fourth-order valence-corrected chi connectivity index (χ4v) is 3.91. The Balaban J connectivity index is 1.30. The van der Waals surface area contributed by atoms with Crippen LogP contribution in [-0.2, 0) is 13.0 Å². The molecule has 3 heterocycles. The molecule has 5 nitrogen and oxygen atoms in total. The van der Waals surface area contributed by atoms with Gasteiger partial charge in [0, 0.05) is 30.5 Å². The number of likely N-dealkylation sites (tertiary alicyclic amines) is 1. The molecule has 1 atom stereocenters. The zero-order chi connectivity index (χ0) is 14.1. The largest absolute Gasteiger partial charge is 0.338 e. The number of aromatic nitrogens is 3. The number of thiazole rings is 1. The van der Waals surface area contributed by atoms with Crippen molar-refractivity contribution in [2.45, 2.75) is 44.6 Å². The predicted molar refractivity (Wildman–Crippen MR) is 80.1 cm³/mol. The maximum atomic E-state index is 5.41. The number of hydrogen-bond acceptors (Lipinski definition) is 6. The summed E-state index contributed by atoms with van der Waals surface area (Å²) in [5.74, 6) is 2.98. The highest BCUT2D eigenvalue weighted by molar-refractivity contribution is 7.09. The van der Waals surface area contributed by atoms with E-state index >= 15 is 0 Å². The second-order valence-electron chi connectivity index (χ2n) is 6.19. The molecule has 0 aromatic carbocycles. The molecule has 1 aliphatic carbocycles. The normalized spacial score (nSPS) is 23.5.